The van der Waals surface area contributed by atoms with Gasteiger partial charge in [-0.25, -0.2) is 0 Å². The van der Waals surface area contributed by atoms with Crippen LogP contribution in [0.25, 0.3) is 0 Å². The van der Waals surface area contributed by atoms with Gasteiger partial charge in [0.25, 0.3) is 0 Å². The Bertz CT molecular complexity index is 647. The number of likely N-dealkylation sites (tertiary alicyclic amines) is 1. The zero-order chi connectivity index (χ0) is 15.5. The monoisotopic (exact) mass is 370 g/mol. The zero-order valence-corrected chi connectivity index (χ0v) is 15.3. The average molecular weight is 371 g/mol. The fraction of sp³-hybridized carbons (Fsp3) is 0.412. The third kappa shape index (κ3) is 4.72. The normalized spacial score (nSPS) is 17.8. The topological polar surface area (TPSA) is 64.2 Å². The molecule has 0 bridgehead atoms. The summed E-state index contributed by atoms with van der Waals surface area (Å²) in [5.74, 6) is 0.428. The van der Waals surface area contributed by atoms with Crippen LogP contribution in [-0.4, -0.2) is 39.7 Å². The van der Waals surface area contributed by atoms with Gasteiger partial charge in [0.2, 0.25) is 5.91 Å². The Balaban J connectivity index is 0.00000144. The van der Waals surface area contributed by atoms with Gasteiger partial charge in [0.15, 0.2) is 0 Å². The van der Waals surface area contributed by atoms with Crippen LogP contribution in [0.15, 0.2) is 42.7 Å². The first-order valence-corrected chi connectivity index (χ1v) is 7.70. The molecule has 2 unspecified atom stereocenters. The lowest BCUT2D eigenvalue weighted by molar-refractivity contribution is -0.131. The predicted molar refractivity (Wildman–Crippen MR) is 99.8 cm³/mol. The van der Waals surface area contributed by atoms with Crippen LogP contribution in [0.1, 0.15) is 23.5 Å². The van der Waals surface area contributed by atoms with E-state index in [4.69, 9.17) is 5.73 Å². The molecule has 1 aliphatic heterocycles. The molecule has 2 N–H and O–H groups in total. The molecule has 1 saturated heterocycles. The molecular weight excluding hydrogens is 347 g/mol. The van der Waals surface area contributed by atoms with Crippen molar-refractivity contribution in [3.8, 4) is 0 Å². The quantitative estimate of drug-likeness (QED) is 0.896. The molecule has 0 spiro atoms. The maximum absolute atomic E-state index is 12.5. The second-order valence-electron chi connectivity index (χ2n) is 6.01. The molecule has 1 fully saturated rings. The number of carbonyl (C=O) groups is 1. The van der Waals surface area contributed by atoms with Crippen LogP contribution in [0, 0.1) is 0 Å². The number of nitrogens with two attached hydrogens (primary N) is 1. The molecule has 2 aromatic rings. The van der Waals surface area contributed by atoms with Crippen LogP contribution in [-0.2, 0) is 18.3 Å². The summed E-state index contributed by atoms with van der Waals surface area (Å²) in [6, 6.07) is 9.47. The van der Waals surface area contributed by atoms with Crippen molar-refractivity contribution in [3.63, 3.8) is 0 Å². The van der Waals surface area contributed by atoms with Gasteiger partial charge < -0.3 is 10.6 Å². The molecule has 1 aromatic carbocycles. The molecule has 24 heavy (non-hydrogen) atoms. The van der Waals surface area contributed by atoms with Crippen LogP contribution in [0.2, 0.25) is 0 Å². The molecule has 1 amide bonds. The van der Waals surface area contributed by atoms with E-state index in [0.29, 0.717) is 12.3 Å². The highest BCUT2D eigenvalue weighted by Gasteiger charge is 2.30. The van der Waals surface area contributed by atoms with E-state index in [1.54, 1.807) is 4.68 Å². The lowest BCUT2D eigenvalue weighted by atomic mass is 10.0. The van der Waals surface area contributed by atoms with Gasteiger partial charge in [0.05, 0.1) is 12.2 Å². The number of rotatable bonds is 4. The van der Waals surface area contributed by atoms with E-state index >= 15 is 0 Å². The first-order valence-electron chi connectivity index (χ1n) is 7.70. The number of hydrogen-bond acceptors (Lipinski definition) is 3. The molecule has 0 saturated carbocycles. The van der Waals surface area contributed by atoms with Crippen molar-refractivity contribution >= 4 is 30.7 Å². The number of halogens is 2. The van der Waals surface area contributed by atoms with E-state index in [9.17, 15) is 4.79 Å². The van der Waals surface area contributed by atoms with Gasteiger partial charge in [-0.15, -0.1) is 24.8 Å². The summed E-state index contributed by atoms with van der Waals surface area (Å²) >= 11 is 0. The minimum absolute atomic E-state index is 0. The summed E-state index contributed by atoms with van der Waals surface area (Å²) in [7, 11) is 1.91. The molecule has 3 rings (SSSR count). The Morgan fingerprint density at radius 3 is 2.67 bits per heavy atom. The Kier molecular flexibility index (Phi) is 7.73. The van der Waals surface area contributed by atoms with Crippen molar-refractivity contribution in [1.29, 1.82) is 0 Å². The van der Waals surface area contributed by atoms with Gasteiger partial charge in [-0.05, 0) is 24.0 Å². The number of aromatic nitrogens is 2. The van der Waals surface area contributed by atoms with Crippen LogP contribution in [0.3, 0.4) is 0 Å². The lowest BCUT2D eigenvalue weighted by Gasteiger charge is -2.21. The zero-order valence-electron chi connectivity index (χ0n) is 13.7. The molecule has 0 radical (unpaired) electrons. The summed E-state index contributed by atoms with van der Waals surface area (Å²) in [5.41, 5.74) is 8.42. The summed E-state index contributed by atoms with van der Waals surface area (Å²) < 4.78 is 1.81. The summed E-state index contributed by atoms with van der Waals surface area (Å²) in [6.07, 6.45) is 5.49. The fourth-order valence-electron chi connectivity index (χ4n) is 3.07. The number of aryl methyl sites for hydroxylation is 1. The van der Waals surface area contributed by atoms with Crippen LogP contribution in [0.4, 0.5) is 0 Å². The van der Waals surface area contributed by atoms with Crippen molar-refractivity contribution in [3.05, 3.63) is 53.9 Å². The van der Waals surface area contributed by atoms with E-state index in [-0.39, 0.29) is 30.7 Å². The molecule has 1 aliphatic rings. The average Bonchev–Trinajstić information content (AvgIpc) is 3.16. The largest absolute Gasteiger partial charge is 0.341 e. The number of benzene rings is 1. The van der Waals surface area contributed by atoms with Crippen LogP contribution in [0.5, 0.6) is 0 Å². The number of carbonyl (C=O) groups excluding carboxylic acids is 1. The van der Waals surface area contributed by atoms with E-state index in [2.05, 4.69) is 5.10 Å². The Labute approximate surface area is 155 Å². The molecule has 7 heteroatoms. The van der Waals surface area contributed by atoms with E-state index < -0.39 is 6.04 Å². The second kappa shape index (κ2) is 9.06. The summed E-state index contributed by atoms with van der Waals surface area (Å²) in [6.45, 7) is 1.52. The summed E-state index contributed by atoms with van der Waals surface area (Å²) in [5, 5.41) is 4.21. The number of hydrogen-bond donors (Lipinski definition) is 1. The molecular formula is C17H24Cl2N4O. The van der Waals surface area contributed by atoms with E-state index in [0.717, 1.165) is 25.1 Å². The highest BCUT2D eigenvalue weighted by molar-refractivity contribution is 5.85. The maximum atomic E-state index is 12.5. The van der Waals surface area contributed by atoms with E-state index in [1.807, 2.05) is 54.7 Å². The Morgan fingerprint density at radius 1 is 1.33 bits per heavy atom. The predicted octanol–water partition coefficient (Wildman–Crippen LogP) is 2.15. The van der Waals surface area contributed by atoms with Crippen LogP contribution >= 0.6 is 24.8 Å². The third-order valence-corrected chi connectivity index (χ3v) is 4.31. The van der Waals surface area contributed by atoms with Crippen molar-refractivity contribution in [2.45, 2.75) is 24.8 Å². The SMILES string of the molecule is Cl.Cl.Cn1cc(C2CCN(C(=O)C(N)Cc3ccccc3)C2)cn1. The maximum Gasteiger partial charge on any atom is 0.239 e. The number of nitrogens with zero attached hydrogens (tertiary/aromatic N) is 3. The Hall–Kier alpha value is -1.56. The minimum Gasteiger partial charge on any atom is -0.341 e. The van der Waals surface area contributed by atoms with Gasteiger partial charge in [0, 0.05) is 32.3 Å². The standard InChI is InChI=1S/C17H22N4O.2ClH/c1-20-11-15(10-19-20)14-7-8-21(12-14)17(22)16(18)9-13-5-3-2-4-6-13;;/h2-6,10-11,14,16H,7-9,12,18H2,1H3;2*1H. The van der Waals surface area contributed by atoms with Gasteiger partial charge >= 0.3 is 0 Å². The van der Waals surface area contributed by atoms with Crippen molar-refractivity contribution in [1.82, 2.24) is 14.7 Å². The molecule has 1 aromatic heterocycles. The van der Waals surface area contributed by atoms with E-state index in [1.165, 1.54) is 5.56 Å². The molecule has 2 heterocycles. The first kappa shape index (κ1) is 20.5. The van der Waals surface area contributed by atoms with Gasteiger partial charge in [-0.2, -0.15) is 5.10 Å². The molecule has 2 atom stereocenters. The van der Waals surface area contributed by atoms with Crippen LogP contribution < -0.4 is 5.73 Å². The minimum atomic E-state index is -0.463. The lowest BCUT2D eigenvalue weighted by Crippen LogP contribution is -2.43. The van der Waals surface area contributed by atoms with Crippen molar-refractivity contribution in [2.24, 2.45) is 12.8 Å². The highest BCUT2D eigenvalue weighted by atomic mass is 35.5. The van der Waals surface area contributed by atoms with Gasteiger partial charge in [-0.1, -0.05) is 30.3 Å². The van der Waals surface area contributed by atoms with Gasteiger partial charge in [0.1, 0.15) is 0 Å². The Morgan fingerprint density at radius 2 is 2.04 bits per heavy atom. The fourth-order valence-corrected chi connectivity index (χ4v) is 3.07. The first-order chi connectivity index (χ1) is 10.6. The van der Waals surface area contributed by atoms with Crippen molar-refractivity contribution < 1.29 is 4.79 Å². The molecule has 5 nitrogen and oxygen atoms in total. The third-order valence-electron chi connectivity index (χ3n) is 4.31. The van der Waals surface area contributed by atoms with Crippen molar-refractivity contribution in [2.75, 3.05) is 13.1 Å². The highest BCUT2D eigenvalue weighted by Crippen LogP contribution is 2.27. The second-order valence-corrected chi connectivity index (χ2v) is 6.01. The summed E-state index contributed by atoms with van der Waals surface area (Å²) in [4.78, 5) is 14.4. The number of amides is 1. The van der Waals surface area contributed by atoms with Gasteiger partial charge in [-0.3, -0.25) is 9.48 Å². The molecule has 0 aliphatic carbocycles. The smallest absolute Gasteiger partial charge is 0.239 e. The molecule has 132 valence electrons.